The number of piperazine rings is 2. The number of rotatable bonds is 14. The molecule has 46 heavy (non-hydrogen) atoms. The molecule has 1 atom stereocenters. The first-order chi connectivity index (χ1) is 22.4. The van der Waals surface area contributed by atoms with E-state index in [1.54, 1.807) is 24.3 Å². The molecule has 2 fully saturated rings. The van der Waals surface area contributed by atoms with Gasteiger partial charge in [0.25, 0.3) is 17.7 Å². The van der Waals surface area contributed by atoms with E-state index in [0.29, 0.717) is 65.6 Å². The van der Waals surface area contributed by atoms with Crippen LogP contribution in [0.1, 0.15) is 68.5 Å². The topological polar surface area (TPSA) is 143 Å². The van der Waals surface area contributed by atoms with Crippen molar-refractivity contribution in [2.75, 3.05) is 105 Å². The number of benzene rings is 2. The summed E-state index contributed by atoms with van der Waals surface area (Å²) in [6.45, 7) is 13.9. The van der Waals surface area contributed by atoms with E-state index in [0.717, 1.165) is 97.8 Å². The molecule has 5 N–H and O–H groups in total. The smallest absolute Gasteiger partial charge is 0.261 e. The van der Waals surface area contributed by atoms with Crippen molar-refractivity contribution in [1.29, 1.82) is 0 Å². The zero-order valence-corrected chi connectivity index (χ0v) is 27.0. The molecule has 0 aliphatic carbocycles. The number of nitrogens with two attached hydrogens (primary N) is 2. The Balaban J connectivity index is 1.08. The number of carbonyl (C=O) groups excluding carboxylic acids is 3. The maximum Gasteiger partial charge on any atom is 0.261 e. The van der Waals surface area contributed by atoms with Gasteiger partial charge in [-0.2, -0.15) is 0 Å². The van der Waals surface area contributed by atoms with Gasteiger partial charge in [0.05, 0.1) is 0 Å². The average Bonchev–Trinajstić information content (AvgIpc) is 3.08. The van der Waals surface area contributed by atoms with Crippen molar-refractivity contribution in [3.05, 3.63) is 46.5 Å². The molecule has 0 bridgehead atoms. The number of hydrogen-bond acceptors (Lipinski definition) is 10. The summed E-state index contributed by atoms with van der Waals surface area (Å²) in [5.74, 6) is -0.929. The summed E-state index contributed by atoms with van der Waals surface area (Å²) in [6.07, 6.45) is 2.34. The molecular weight excluding hydrogens is 584 g/mol. The number of imide groups is 1. The molecule has 2 aromatic rings. The quantitative estimate of drug-likeness (QED) is 0.253. The van der Waals surface area contributed by atoms with Crippen LogP contribution in [0.2, 0.25) is 0 Å². The van der Waals surface area contributed by atoms with Crippen molar-refractivity contribution < 1.29 is 19.5 Å². The molecule has 4 aliphatic rings. The third kappa shape index (κ3) is 6.70. The maximum atomic E-state index is 13.7. The minimum atomic E-state index is -1.13. The molecule has 2 aromatic carbocycles. The SMILES string of the molecule is NCCCN1CCN(CCCN2C(=O)c3ccc4c5c(ccc(c35)C2=O)C(O)N(CCCN2CCN(CCCN)CC2)C4=O)CC1. The number of aliphatic hydroxyl groups is 1. The minimum absolute atomic E-state index is 0.263. The van der Waals surface area contributed by atoms with Crippen LogP contribution >= 0.6 is 0 Å². The summed E-state index contributed by atoms with van der Waals surface area (Å²) < 4.78 is 0. The number of nitrogens with zero attached hydrogens (tertiary/aromatic N) is 6. The first-order valence-corrected chi connectivity index (χ1v) is 17.2. The van der Waals surface area contributed by atoms with Crippen molar-refractivity contribution in [3.63, 3.8) is 0 Å². The third-order valence-electron chi connectivity index (χ3n) is 10.2. The van der Waals surface area contributed by atoms with Gasteiger partial charge in [-0.05, 0) is 83.2 Å². The third-order valence-corrected chi connectivity index (χ3v) is 10.2. The molecule has 4 aliphatic heterocycles. The predicted octanol–water partition coefficient (Wildman–Crippen LogP) is 0.596. The van der Waals surface area contributed by atoms with Crippen molar-refractivity contribution in [2.24, 2.45) is 11.5 Å². The summed E-state index contributed by atoms with van der Waals surface area (Å²) in [5.41, 5.74) is 13.2. The Labute approximate surface area is 271 Å². The normalized spacial score (nSPS) is 21.6. The van der Waals surface area contributed by atoms with E-state index in [1.807, 2.05) is 0 Å². The second-order valence-corrected chi connectivity index (χ2v) is 13.1. The summed E-state index contributed by atoms with van der Waals surface area (Å²) >= 11 is 0. The summed E-state index contributed by atoms with van der Waals surface area (Å²) in [4.78, 5) is 53.6. The Kier molecular flexibility index (Phi) is 10.6. The lowest BCUT2D eigenvalue weighted by Gasteiger charge is -2.37. The van der Waals surface area contributed by atoms with Crippen molar-refractivity contribution in [3.8, 4) is 0 Å². The predicted molar refractivity (Wildman–Crippen MR) is 178 cm³/mol. The standard InChI is InChI=1S/C34H50N8O4/c35-9-1-11-37-17-21-39(22-18-37)13-3-15-41-31(43)25-5-7-27-30-28(8-6-26(29(25)30)32(41)44)34(46)42(33(27)45)16-4-14-40-23-19-38(20-24-40)12-2-10-36/h5-8,31,43H,1-4,9-24,35-36H2. The van der Waals surface area contributed by atoms with Gasteiger partial charge in [-0.1, -0.05) is 6.07 Å². The fraction of sp³-hybridized carbons (Fsp3) is 0.618. The Morgan fingerprint density at radius 3 is 1.43 bits per heavy atom. The summed E-state index contributed by atoms with van der Waals surface area (Å²) in [5, 5.41) is 12.4. The van der Waals surface area contributed by atoms with Crippen molar-refractivity contribution in [1.82, 2.24) is 29.4 Å². The van der Waals surface area contributed by atoms with Gasteiger partial charge in [-0.3, -0.25) is 19.3 Å². The Bertz CT molecular complexity index is 1400. The van der Waals surface area contributed by atoms with Gasteiger partial charge in [0.2, 0.25) is 0 Å². The first kappa shape index (κ1) is 33.0. The van der Waals surface area contributed by atoms with Gasteiger partial charge in [0.15, 0.2) is 6.23 Å². The van der Waals surface area contributed by atoms with E-state index < -0.39 is 6.23 Å². The van der Waals surface area contributed by atoms with E-state index in [1.165, 1.54) is 9.80 Å². The number of amides is 3. The van der Waals surface area contributed by atoms with Crippen LogP contribution in [0.4, 0.5) is 0 Å². The number of hydrogen-bond donors (Lipinski definition) is 3. The van der Waals surface area contributed by atoms with E-state index in [2.05, 4.69) is 19.6 Å². The van der Waals surface area contributed by atoms with Gasteiger partial charge in [-0.15, -0.1) is 0 Å². The average molecular weight is 635 g/mol. The maximum absolute atomic E-state index is 13.7. The highest BCUT2D eigenvalue weighted by Crippen LogP contribution is 2.41. The molecule has 6 rings (SSSR count). The van der Waals surface area contributed by atoms with Crippen LogP contribution in [-0.2, 0) is 0 Å². The van der Waals surface area contributed by atoms with Crippen LogP contribution in [0.25, 0.3) is 10.8 Å². The van der Waals surface area contributed by atoms with E-state index in [9.17, 15) is 19.5 Å². The zero-order chi connectivity index (χ0) is 32.2. The fourth-order valence-corrected chi connectivity index (χ4v) is 7.54. The number of carbonyl (C=O) groups is 3. The number of aliphatic hydroxyl groups excluding tert-OH is 1. The first-order valence-electron chi connectivity index (χ1n) is 17.2. The second kappa shape index (κ2) is 14.8. The monoisotopic (exact) mass is 634 g/mol. The van der Waals surface area contributed by atoms with E-state index in [4.69, 9.17) is 11.5 Å². The molecule has 0 saturated carbocycles. The van der Waals surface area contributed by atoms with Gasteiger partial charge in [0.1, 0.15) is 0 Å². The molecule has 0 radical (unpaired) electrons. The molecule has 1 unspecified atom stereocenters. The highest BCUT2D eigenvalue weighted by molar-refractivity contribution is 6.28. The molecule has 0 aromatic heterocycles. The van der Waals surface area contributed by atoms with Crippen LogP contribution in [0.3, 0.4) is 0 Å². The van der Waals surface area contributed by atoms with Crippen LogP contribution < -0.4 is 11.5 Å². The fourth-order valence-electron chi connectivity index (χ4n) is 7.54. The molecule has 2 saturated heterocycles. The Hall–Kier alpha value is -2.97. The van der Waals surface area contributed by atoms with Crippen molar-refractivity contribution in [2.45, 2.75) is 31.9 Å². The molecule has 12 heteroatoms. The van der Waals surface area contributed by atoms with Crippen LogP contribution in [0, 0.1) is 0 Å². The van der Waals surface area contributed by atoms with Crippen LogP contribution in [0.5, 0.6) is 0 Å². The van der Waals surface area contributed by atoms with Gasteiger partial charge < -0.3 is 41.1 Å². The lowest BCUT2D eigenvalue weighted by Crippen LogP contribution is -2.48. The Morgan fingerprint density at radius 2 is 0.957 bits per heavy atom. The lowest BCUT2D eigenvalue weighted by molar-refractivity contribution is 0.00275. The second-order valence-electron chi connectivity index (χ2n) is 13.1. The summed E-state index contributed by atoms with van der Waals surface area (Å²) in [7, 11) is 0. The summed E-state index contributed by atoms with van der Waals surface area (Å²) in [6, 6.07) is 6.86. The lowest BCUT2D eigenvalue weighted by atomic mass is 9.85. The zero-order valence-electron chi connectivity index (χ0n) is 27.0. The largest absolute Gasteiger partial charge is 0.369 e. The van der Waals surface area contributed by atoms with E-state index in [-0.39, 0.29) is 17.7 Å². The molecule has 12 nitrogen and oxygen atoms in total. The highest BCUT2D eigenvalue weighted by Gasteiger charge is 2.39. The van der Waals surface area contributed by atoms with Crippen LogP contribution in [0.15, 0.2) is 24.3 Å². The Morgan fingerprint density at radius 1 is 0.543 bits per heavy atom. The van der Waals surface area contributed by atoms with Gasteiger partial charge in [-0.25, -0.2) is 0 Å². The van der Waals surface area contributed by atoms with Crippen LogP contribution in [-0.4, -0.2) is 157 Å². The molecule has 4 heterocycles. The molecule has 3 amide bonds. The van der Waals surface area contributed by atoms with Gasteiger partial charge in [0, 0.05) is 98.5 Å². The van der Waals surface area contributed by atoms with E-state index >= 15 is 0 Å². The van der Waals surface area contributed by atoms with Gasteiger partial charge >= 0.3 is 0 Å². The van der Waals surface area contributed by atoms with Crippen molar-refractivity contribution >= 4 is 28.5 Å². The highest BCUT2D eigenvalue weighted by atomic mass is 16.3. The minimum Gasteiger partial charge on any atom is -0.369 e. The molecule has 250 valence electrons. The molecular formula is C34H50N8O4. The molecule has 0 spiro atoms.